The van der Waals surface area contributed by atoms with Crippen molar-refractivity contribution in [2.24, 2.45) is 17.4 Å². The maximum Gasteiger partial charge on any atom is 0.0105 e. The Morgan fingerprint density at radius 2 is 1.81 bits per heavy atom. The summed E-state index contributed by atoms with van der Waals surface area (Å²) in [6, 6.07) is 6.46. The summed E-state index contributed by atoms with van der Waals surface area (Å²) in [5.74, 6) is 0.768. The highest BCUT2D eigenvalue weighted by atomic mass is 32.1. The highest BCUT2D eigenvalue weighted by Gasteiger charge is 2.16. The maximum absolute atomic E-state index is 5.58. The molecule has 0 radical (unpaired) electrons. The zero-order valence-corrected chi connectivity index (χ0v) is 13.8. The number of nitrogens with zero attached hydrogens (tertiary/aromatic N) is 1. The number of likely N-dealkylation sites (tertiary alicyclic amines) is 1. The molecule has 1 aliphatic carbocycles. The Hall–Kier alpha value is -0.550. The Labute approximate surface area is 134 Å². The normalized spacial score (nSPS) is 19.0. The summed E-state index contributed by atoms with van der Waals surface area (Å²) in [5, 5.41) is 0. The van der Waals surface area contributed by atoms with Crippen LogP contribution in [0.1, 0.15) is 30.4 Å². The van der Waals surface area contributed by atoms with E-state index in [0.717, 1.165) is 30.4 Å². The van der Waals surface area contributed by atoms with E-state index < -0.39 is 0 Å². The van der Waals surface area contributed by atoms with Crippen molar-refractivity contribution >= 4 is 12.6 Å². The van der Waals surface area contributed by atoms with Crippen LogP contribution in [0.25, 0.3) is 0 Å². The number of fused-ring (bicyclic) bond motifs is 1. The van der Waals surface area contributed by atoms with Gasteiger partial charge in [0.1, 0.15) is 0 Å². The fourth-order valence-corrected chi connectivity index (χ4v) is 3.42. The van der Waals surface area contributed by atoms with Gasteiger partial charge >= 0.3 is 0 Å². The zero-order chi connectivity index (χ0) is 15.1. The fraction of sp³-hybridized carbons (Fsp3) is 0.647. The molecule has 0 amide bonds. The molecule has 0 saturated carbocycles. The van der Waals surface area contributed by atoms with E-state index in [2.05, 4.69) is 35.7 Å². The number of nitrogens with two attached hydrogens (primary N) is 2. The Morgan fingerprint density at radius 3 is 2.48 bits per heavy atom. The summed E-state index contributed by atoms with van der Waals surface area (Å²) >= 11 is 4.28. The summed E-state index contributed by atoms with van der Waals surface area (Å²) in [7, 11) is 0. The lowest BCUT2D eigenvalue weighted by Crippen LogP contribution is -2.38. The predicted molar refractivity (Wildman–Crippen MR) is 93.0 cm³/mol. The first-order valence-corrected chi connectivity index (χ1v) is 8.61. The predicted octanol–water partition coefficient (Wildman–Crippen LogP) is 2.08. The summed E-state index contributed by atoms with van der Waals surface area (Å²) in [6.45, 7) is 5.08. The van der Waals surface area contributed by atoms with Crippen molar-refractivity contribution in [2.45, 2.75) is 37.0 Å². The molecule has 3 nitrogen and oxygen atoms in total. The number of thiol groups is 1. The molecule has 118 valence electrons. The molecule has 1 saturated heterocycles. The molecule has 1 aliphatic heterocycles. The minimum absolute atomic E-state index is 0.768. The number of piperidine rings is 1. The molecule has 0 atom stereocenters. The van der Waals surface area contributed by atoms with Gasteiger partial charge < -0.3 is 16.4 Å². The molecule has 1 aromatic carbocycles. The lowest BCUT2D eigenvalue weighted by atomic mass is 9.97. The second-order valence-corrected chi connectivity index (χ2v) is 6.63. The third kappa shape index (κ3) is 5.29. The minimum Gasteiger partial charge on any atom is -0.330 e. The lowest BCUT2D eigenvalue weighted by Gasteiger charge is -2.30. The molecule has 0 bridgehead atoms. The standard InChI is InChI=1S/C9H10S.C8H19N3/c10-9-5-4-7-2-1-3-8(7)6-9;9-3-6-11-4-1-8(7-10)2-5-11/h4-6,10H,1-3H2;8H,1-7,9-10H2. The molecular formula is C17H29N3S. The van der Waals surface area contributed by atoms with Gasteiger partial charge in [0.2, 0.25) is 0 Å². The van der Waals surface area contributed by atoms with E-state index in [1.807, 2.05) is 0 Å². The van der Waals surface area contributed by atoms with E-state index in [9.17, 15) is 0 Å². The van der Waals surface area contributed by atoms with Gasteiger partial charge in [0, 0.05) is 18.0 Å². The molecule has 0 spiro atoms. The van der Waals surface area contributed by atoms with Gasteiger partial charge in [0.25, 0.3) is 0 Å². The second-order valence-electron chi connectivity index (χ2n) is 6.12. The average Bonchev–Trinajstić information content (AvgIpc) is 2.96. The van der Waals surface area contributed by atoms with E-state index in [0.29, 0.717) is 0 Å². The molecule has 1 fully saturated rings. The van der Waals surface area contributed by atoms with E-state index in [-0.39, 0.29) is 0 Å². The molecular weight excluding hydrogens is 278 g/mol. The Balaban J connectivity index is 0.000000154. The van der Waals surface area contributed by atoms with Crippen LogP contribution in [0.3, 0.4) is 0 Å². The Bertz CT molecular complexity index is 428. The van der Waals surface area contributed by atoms with Gasteiger partial charge in [-0.1, -0.05) is 6.07 Å². The van der Waals surface area contributed by atoms with Crippen LogP contribution < -0.4 is 11.5 Å². The van der Waals surface area contributed by atoms with Crippen LogP contribution in [0, 0.1) is 5.92 Å². The first-order valence-electron chi connectivity index (χ1n) is 8.16. The number of aryl methyl sites for hydroxylation is 2. The summed E-state index contributed by atoms with van der Waals surface area (Å²) in [5.41, 5.74) is 14.1. The van der Waals surface area contributed by atoms with E-state index in [4.69, 9.17) is 11.5 Å². The Morgan fingerprint density at radius 1 is 1.10 bits per heavy atom. The van der Waals surface area contributed by atoms with Gasteiger partial charge in [0.05, 0.1) is 0 Å². The maximum atomic E-state index is 5.58. The third-order valence-corrected chi connectivity index (χ3v) is 4.85. The molecule has 1 heterocycles. The van der Waals surface area contributed by atoms with Crippen LogP contribution in [-0.2, 0) is 12.8 Å². The van der Waals surface area contributed by atoms with Crippen LogP contribution in [0.15, 0.2) is 23.1 Å². The van der Waals surface area contributed by atoms with Gasteiger partial charge in [-0.15, -0.1) is 12.6 Å². The molecule has 1 aromatic rings. The van der Waals surface area contributed by atoms with Gasteiger partial charge in [-0.2, -0.15) is 0 Å². The highest BCUT2D eigenvalue weighted by Crippen LogP contribution is 2.23. The third-order valence-electron chi connectivity index (χ3n) is 4.57. The van der Waals surface area contributed by atoms with E-state index in [1.54, 1.807) is 0 Å². The van der Waals surface area contributed by atoms with Crippen molar-refractivity contribution in [3.05, 3.63) is 29.3 Å². The highest BCUT2D eigenvalue weighted by molar-refractivity contribution is 7.80. The zero-order valence-electron chi connectivity index (χ0n) is 12.9. The quantitative estimate of drug-likeness (QED) is 0.750. The molecule has 3 rings (SSSR count). The number of hydrogen-bond acceptors (Lipinski definition) is 4. The molecule has 0 aromatic heterocycles. The first-order chi connectivity index (χ1) is 10.2. The van der Waals surface area contributed by atoms with Crippen LogP contribution in [-0.4, -0.2) is 37.6 Å². The molecule has 0 unspecified atom stereocenters. The van der Waals surface area contributed by atoms with E-state index in [1.165, 1.54) is 56.3 Å². The van der Waals surface area contributed by atoms with Crippen LogP contribution in [0.4, 0.5) is 0 Å². The second kappa shape index (κ2) is 8.79. The topological polar surface area (TPSA) is 55.3 Å². The molecule has 4 N–H and O–H groups in total. The number of benzene rings is 1. The van der Waals surface area contributed by atoms with Crippen LogP contribution >= 0.6 is 12.6 Å². The SMILES string of the molecule is NCCN1CCC(CN)CC1.Sc1ccc2c(c1)CCC2. The van der Waals surface area contributed by atoms with Gasteiger partial charge in [-0.05, 0) is 80.9 Å². The van der Waals surface area contributed by atoms with E-state index >= 15 is 0 Å². The van der Waals surface area contributed by atoms with Crippen molar-refractivity contribution in [1.29, 1.82) is 0 Å². The van der Waals surface area contributed by atoms with Crippen molar-refractivity contribution < 1.29 is 0 Å². The van der Waals surface area contributed by atoms with Crippen LogP contribution in [0.2, 0.25) is 0 Å². The minimum atomic E-state index is 0.768. The van der Waals surface area contributed by atoms with Crippen molar-refractivity contribution in [2.75, 3.05) is 32.7 Å². The molecule has 21 heavy (non-hydrogen) atoms. The molecule has 4 heteroatoms. The van der Waals surface area contributed by atoms with Crippen molar-refractivity contribution in [1.82, 2.24) is 4.90 Å². The largest absolute Gasteiger partial charge is 0.330 e. The summed E-state index contributed by atoms with van der Waals surface area (Å²) < 4.78 is 0. The van der Waals surface area contributed by atoms with Crippen molar-refractivity contribution in [3.8, 4) is 0 Å². The van der Waals surface area contributed by atoms with Gasteiger partial charge in [-0.3, -0.25) is 0 Å². The Kier molecular flexibility index (Phi) is 7.04. The van der Waals surface area contributed by atoms with Gasteiger partial charge in [0.15, 0.2) is 0 Å². The monoisotopic (exact) mass is 307 g/mol. The van der Waals surface area contributed by atoms with Gasteiger partial charge in [-0.25, -0.2) is 0 Å². The summed E-state index contributed by atoms with van der Waals surface area (Å²) in [4.78, 5) is 3.52. The fourth-order valence-electron chi connectivity index (χ4n) is 3.19. The summed E-state index contributed by atoms with van der Waals surface area (Å²) in [6.07, 6.45) is 6.37. The number of rotatable bonds is 3. The first kappa shape index (κ1) is 16.8. The van der Waals surface area contributed by atoms with Crippen molar-refractivity contribution in [3.63, 3.8) is 0 Å². The smallest absolute Gasteiger partial charge is 0.0105 e. The molecule has 2 aliphatic rings. The lowest BCUT2D eigenvalue weighted by molar-refractivity contribution is 0.192. The van der Waals surface area contributed by atoms with Crippen LogP contribution in [0.5, 0.6) is 0 Å². The number of hydrogen-bond donors (Lipinski definition) is 3. The average molecular weight is 308 g/mol.